The Balaban J connectivity index is 2.94. The second-order valence-electron chi connectivity index (χ2n) is 5.19. The molecule has 6 heteroatoms. The molecule has 1 aromatic heterocycles. The number of aliphatic carboxylic acids is 1. The summed E-state index contributed by atoms with van der Waals surface area (Å²) in [6.45, 7) is 7.15. The van der Waals surface area contributed by atoms with Crippen LogP contribution in [0.25, 0.3) is 0 Å². The molecule has 1 heterocycles. The van der Waals surface area contributed by atoms with Gasteiger partial charge >= 0.3 is 12.0 Å². The lowest BCUT2D eigenvalue weighted by Crippen LogP contribution is -2.56. The molecule has 0 saturated heterocycles. The standard InChI is InChI=1S/C14H22N2O3S/c1-6-16(14(3,4)12(17)18)13(19)15(5)10(2)11-8-7-9-20-11/h7-10H,6H2,1-5H3,(H,17,18). The number of carboxylic acids is 1. The molecule has 0 saturated carbocycles. The molecular weight excluding hydrogens is 276 g/mol. The number of hydrogen-bond donors (Lipinski definition) is 1. The van der Waals surface area contributed by atoms with Gasteiger partial charge in [-0.2, -0.15) is 0 Å². The van der Waals surface area contributed by atoms with Gasteiger partial charge in [0.25, 0.3) is 0 Å². The van der Waals surface area contributed by atoms with Gasteiger partial charge < -0.3 is 14.9 Å². The zero-order valence-electron chi connectivity index (χ0n) is 12.6. The van der Waals surface area contributed by atoms with Crippen LogP contribution in [-0.2, 0) is 4.79 Å². The minimum Gasteiger partial charge on any atom is -0.480 e. The van der Waals surface area contributed by atoms with Gasteiger partial charge in [0.15, 0.2) is 0 Å². The maximum Gasteiger partial charge on any atom is 0.329 e. The quantitative estimate of drug-likeness (QED) is 0.909. The number of amides is 2. The molecule has 0 aliphatic carbocycles. The number of carboxylic acid groups (broad SMARTS) is 1. The fourth-order valence-corrected chi connectivity index (χ4v) is 2.79. The van der Waals surface area contributed by atoms with Crippen molar-refractivity contribution >= 4 is 23.3 Å². The highest BCUT2D eigenvalue weighted by Gasteiger charge is 2.39. The van der Waals surface area contributed by atoms with Crippen molar-refractivity contribution in [2.24, 2.45) is 0 Å². The monoisotopic (exact) mass is 298 g/mol. The molecule has 1 aromatic rings. The largest absolute Gasteiger partial charge is 0.480 e. The highest BCUT2D eigenvalue weighted by molar-refractivity contribution is 7.10. The van der Waals surface area contributed by atoms with Gasteiger partial charge in [-0.3, -0.25) is 0 Å². The lowest BCUT2D eigenvalue weighted by Gasteiger charge is -2.38. The molecule has 0 aromatic carbocycles. The number of nitrogens with zero attached hydrogens (tertiary/aromatic N) is 2. The van der Waals surface area contributed by atoms with Crippen molar-refractivity contribution in [3.8, 4) is 0 Å². The van der Waals surface area contributed by atoms with Crippen LogP contribution in [0.1, 0.15) is 38.6 Å². The van der Waals surface area contributed by atoms with Gasteiger partial charge in [-0.1, -0.05) is 6.07 Å². The van der Waals surface area contributed by atoms with Crippen molar-refractivity contribution in [3.05, 3.63) is 22.4 Å². The maximum absolute atomic E-state index is 12.6. The Kier molecular flexibility index (Phi) is 5.16. The summed E-state index contributed by atoms with van der Waals surface area (Å²) in [4.78, 5) is 27.9. The number of carbonyl (C=O) groups is 2. The third-order valence-electron chi connectivity index (χ3n) is 3.58. The number of hydrogen-bond acceptors (Lipinski definition) is 3. The first-order valence-corrected chi connectivity index (χ1v) is 7.42. The Morgan fingerprint density at radius 1 is 1.45 bits per heavy atom. The van der Waals surface area contributed by atoms with E-state index in [9.17, 15) is 14.7 Å². The van der Waals surface area contributed by atoms with Crippen LogP contribution in [0.2, 0.25) is 0 Å². The number of carbonyl (C=O) groups excluding carboxylic acids is 1. The second-order valence-corrected chi connectivity index (χ2v) is 6.17. The minimum absolute atomic E-state index is 0.0823. The highest BCUT2D eigenvalue weighted by Crippen LogP contribution is 2.26. The first kappa shape index (κ1) is 16.5. The molecule has 0 radical (unpaired) electrons. The van der Waals surface area contributed by atoms with Crippen molar-refractivity contribution in [1.29, 1.82) is 0 Å². The summed E-state index contributed by atoms with van der Waals surface area (Å²) in [5.41, 5.74) is -1.23. The van der Waals surface area contributed by atoms with Crippen LogP contribution in [-0.4, -0.2) is 46.0 Å². The van der Waals surface area contributed by atoms with Gasteiger partial charge in [-0.15, -0.1) is 11.3 Å². The van der Waals surface area contributed by atoms with E-state index in [2.05, 4.69) is 0 Å². The fraction of sp³-hybridized carbons (Fsp3) is 0.571. The lowest BCUT2D eigenvalue weighted by molar-refractivity contribution is -0.147. The number of thiophene rings is 1. The van der Waals surface area contributed by atoms with Crippen LogP contribution in [0.3, 0.4) is 0 Å². The van der Waals surface area contributed by atoms with Crippen LogP contribution in [0.15, 0.2) is 17.5 Å². The van der Waals surface area contributed by atoms with E-state index >= 15 is 0 Å². The summed E-state index contributed by atoms with van der Waals surface area (Å²) in [7, 11) is 1.70. The molecule has 1 atom stereocenters. The molecule has 20 heavy (non-hydrogen) atoms. The topological polar surface area (TPSA) is 60.9 Å². The Morgan fingerprint density at radius 3 is 2.45 bits per heavy atom. The van der Waals surface area contributed by atoms with Gasteiger partial charge in [0.05, 0.1) is 6.04 Å². The Morgan fingerprint density at radius 2 is 2.05 bits per heavy atom. The van der Waals surface area contributed by atoms with E-state index in [0.717, 1.165) is 4.88 Å². The van der Waals surface area contributed by atoms with Crippen LogP contribution >= 0.6 is 11.3 Å². The second kappa shape index (κ2) is 6.26. The molecule has 1 N–H and O–H groups in total. The summed E-state index contributed by atoms with van der Waals surface area (Å²) in [5.74, 6) is -1.01. The molecule has 1 unspecified atom stereocenters. The summed E-state index contributed by atoms with van der Waals surface area (Å²) in [5, 5.41) is 11.2. The van der Waals surface area contributed by atoms with E-state index in [1.54, 1.807) is 44.1 Å². The van der Waals surface area contributed by atoms with E-state index in [1.807, 2.05) is 24.4 Å². The molecule has 0 bridgehead atoms. The predicted molar refractivity (Wildman–Crippen MR) is 80.0 cm³/mol. The van der Waals surface area contributed by atoms with Crippen molar-refractivity contribution in [3.63, 3.8) is 0 Å². The smallest absolute Gasteiger partial charge is 0.329 e. The van der Waals surface area contributed by atoms with E-state index in [1.165, 1.54) is 4.90 Å². The van der Waals surface area contributed by atoms with Crippen LogP contribution in [0.4, 0.5) is 4.79 Å². The minimum atomic E-state index is -1.23. The Hall–Kier alpha value is -1.56. The normalized spacial score (nSPS) is 12.8. The lowest BCUT2D eigenvalue weighted by atomic mass is 10.0. The zero-order valence-corrected chi connectivity index (χ0v) is 13.4. The highest BCUT2D eigenvalue weighted by atomic mass is 32.1. The molecule has 0 fully saturated rings. The van der Waals surface area contributed by atoms with Gasteiger partial charge in [0, 0.05) is 18.5 Å². The predicted octanol–water partition coefficient (Wildman–Crippen LogP) is 3.05. The third kappa shape index (κ3) is 3.12. The van der Waals surface area contributed by atoms with Gasteiger partial charge in [0.2, 0.25) is 0 Å². The number of likely N-dealkylation sites (N-methyl/N-ethyl adjacent to an activating group) is 1. The molecule has 112 valence electrons. The first-order chi connectivity index (χ1) is 9.23. The van der Waals surface area contributed by atoms with Gasteiger partial charge in [0.1, 0.15) is 5.54 Å². The van der Waals surface area contributed by atoms with Gasteiger partial charge in [-0.25, -0.2) is 9.59 Å². The van der Waals surface area contributed by atoms with Crippen molar-refractivity contribution < 1.29 is 14.7 Å². The molecule has 2 amide bonds. The van der Waals surface area contributed by atoms with Crippen LogP contribution < -0.4 is 0 Å². The van der Waals surface area contributed by atoms with E-state index in [4.69, 9.17) is 0 Å². The van der Waals surface area contributed by atoms with Crippen molar-refractivity contribution in [2.45, 2.75) is 39.3 Å². The maximum atomic E-state index is 12.6. The average Bonchev–Trinajstić information content (AvgIpc) is 2.90. The van der Waals surface area contributed by atoms with Crippen molar-refractivity contribution in [2.75, 3.05) is 13.6 Å². The van der Waals surface area contributed by atoms with Gasteiger partial charge in [-0.05, 0) is 39.1 Å². The van der Waals surface area contributed by atoms with Crippen LogP contribution in [0.5, 0.6) is 0 Å². The molecule has 1 rings (SSSR count). The van der Waals surface area contributed by atoms with E-state index < -0.39 is 11.5 Å². The molecule has 0 aliphatic rings. The van der Waals surface area contributed by atoms with Crippen molar-refractivity contribution in [1.82, 2.24) is 9.80 Å². The SMILES string of the molecule is CCN(C(=O)N(C)C(C)c1cccs1)C(C)(C)C(=O)O. The zero-order chi connectivity index (χ0) is 15.5. The first-order valence-electron chi connectivity index (χ1n) is 6.54. The van der Waals surface area contributed by atoms with E-state index in [0.29, 0.717) is 6.54 Å². The number of urea groups is 1. The van der Waals surface area contributed by atoms with Crippen LogP contribution in [0, 0.1) is 0 Å². The Labute approximate surface area is 123 Å². The molecule has 0 aliphatic heterocycles. The average molecular weight is 298 g/mol. The number of rotatable bonds is 5. The fourth-order valence-electron chi connectivity index (χ4n) is 1.96. The summed E-state index contributed by atoms with van der Waals surface area (Å²) in [6, 6.07) is 3.55. The molecular formula is C14H22N2O3S. The Bertz CT molecular complexity index is 471. The summed E-state index contributed by atoms with van der Waals surface area (Å²) < 4.78 is 0. The summed E-state index contributed by atoms with van der Waals surface area (Å²) >= 11 is 1.58. The third-order valence-corrected chi connectivity index (χ3v) is 4.63. The molecule has 0 spiro atoms. The summed E-state index contributed by atoms with van der Waals surface area (Å²) in [6.07, 6.45) is 0. The molecule has 5 nitrogen and oxygen atoms in total. The van der Waals surface area contributed by atoms with E-state index in [-0.39, 0.29) is 12.1 Å².